The van der Waals surface area contributed by atoms with Gasteiger partial charge in [0.1, 0.15) is 0 Å². The Hall–Kier alpha value is -0.950. The van der Waals surface area contributed by atoms with E-state index in [2.05, 4.69) is 0 Å². The summed E-state index contributed by atoms with van der Waals surface area (Å²) in [4.78, 5) is 0.304. The molecule has 0 radical (unpaired) electrons. The highest BCUT2D eigenvalue weighted by Gasteiger charge is 2.33. The summed E-state index contributed by atoms with van der Waals surface area (Å²) in [5.41, 5.74) is 6.27. The molecule has 0 saturated carbocycles. The Bertz CT molecular complexity index is 535. The molecule has 2 rings (SSSR count). The Kier molecular flexibility index (Phi) is 4.25. The summed E-state index contributed by atoms with van der Waals surface area (Å²) >= 11 is 0. The molecular weight excluding hydrogens is 264 g/mol. The maximum absolute atomic E-state index is 12.7. The van der Waals surface area contributed by atoms with Gasteiger partial charge in [-0.1, -0.05) is 18.2 Å². The predicted octanol–water partition coefficient (Wildman–Crippen LogP) is 0.943. The van der Waals surface area contributed by atoms with Gasteiger partial charge in [0, 0.05) is 19.6 Å². The van der Waals surface area contributed by atoms with Gasteiger partial charge in [-0.25, -0.2) is 8.42 Å². The molecule has 1 aromatic carbocycles. The second-order valence-corrected chi connectivity index (χ2v) is 6.80. The van der Waals surface area contributed by atoms with Crippen LogP contribution in [0.15, 0.2) is 29.2 Å². The molecule has 1 aromatic rings. The minimum Gasteiger partial charge on any atom is -0.373 e. The highest BCUT2D eigenvalue weighted by molar-refractivity contribution is 7.89. The van der Waals surface area contributed by atoms with Crippen LogP contribution in [0, 0.1) is 0 Å². The van der Waals surface area contributed by atoms with Gasteiger partial charge in [-0.3, -0.25) is 0 Å². The molecule has 0 unspecified atom stereocenters. The Balaban J connectivity index is 2.36. The molecule has 0 amide bonds. The minimum absolute atomic E-state index is 0.0939. The van der Waals surface area contributed by atoms with E-state index in [9.17, 15) is 8.42 Å². The van der Waals surface area contributed by atoms with Crippen molar-refractivity contribution < 1.29 is 13.2 Å². The second-order valence-electron chi connectivity index (χ2n) is 4.89. The van der Waals surface area contributed by atoms with Crippen molar-refractivity contribution in [1.82, 2.24) is 4.31 Å². The van der Waals surface area contributed by atoms with Gasteiger partial charge in [-0.2, -0.15) is 4.31 Å². The fourth-order valence-electron chi connectivity index (χ4n) is 2.39. The zero-order valence-corrected chi connectivity index (χ0v) is 12.1. The number of rotatable bonds is 3. The Labute approximate surface area is 114 Å². The fraction of sp³-hybridized carbons (Fsp3) is 0.538. The predicted molar refractivity (Wildman–Crippen MR) is 73.1 cm³/mol. The highest BCUT2D eigenvalue weighted by atomic mass is 32.2. The van der Waals surface area contributed by atoms with Crippen LogP contribution in [-0.2, 0) is 21.3 Å². The largest absolute Gasteiger partial charge is 0.373 e. The number of benzene rings is 1. The van der Waals surface area contributed by atoms with Gasteiger partial charge in [0.05, 0.1) is 17.1 Å². The molecule has 1 aliphatic rings. The average Bonchev–Trinajstić information content (AvgIpc) is 2.37. The summed E-state index contributed by atoms with van der Waals surface area (Å²) in [5.74, 6) is 0. The molecule has 1 aliphatic heterocycles. The molecule has 0 aliphatic carbocycles. The van der Waals surface area contributed by atoms with E-state index < -0.39 is 10.0 Å². The summed E-state index contributed by atoms with van der Waals surface area (Å²) in [6.45, 7) is 4.74. The van der Waals surface area contributed by atoms with Crippen LogP contribution in [0.3, 0.4) is 0 Å². The van der Waals surface area contributed by atoms with Crippen molar-refractivity contribution in [1.29, 1.82) is 0 Å². The van der Waals surface area contributed by atoms with Gasteiger partial charge in [0.2, 0.25) is 10.0 Å². The van der Waals surface area contributed by atoms with Crippen LogP contribution in [-0.4, -0.2) is 38.0 Å². The molecule has 6 heteroatoms. The van der Waals surface area contributed by atoms with Gasteiger partial charge in [0.15, 0.2) is 0 Å². The number of nitrogens with zero attached hydrogens (tertiary/aromatic N) is 1. The molecule has 0 bridgehead atoms. The van der Waals surface area contributed by atoms with Crippen LogP contribution in [0.2, 0.25) is 0 Å². The zero-order valence-electron chi connectivity index (χ0n) is 11.2. The third-order valence-electron chi connectivity index (χ3n) is 3.20. The summed E-state index contributed by atoms with van der Waals surface area (Å²) in [5, 5.41) is 0. The summed E-state index contributed by atoms with van der Waals surface area (Å²) in [6.07, 6.45) is -0.188. The van der Waals surface area contributed by atoms with E-state index in [1.54, 1.807) is 24.3 Å². The van der Waals surface area contributed by atoms with E-state index in [4.69, 9.17) is 10.5 Å². The molecule has 1 fully saturated rings. The van der Waals surface area contributed by atoms with E-state index in [1.807, 2.05) is 13.8 Å². The maximum Gasteiger partial charge on any atom is 0.243 e. The third kappa shape index (κ3) is 2.97. The van der Waals surface area contributed by atoms with Gasteiger partial charge >= 0.3 is 0 Å². The number of sulfonamides is 1. The number of nitrogens with two attached hydrogens (primary N) is 1. The van der Waals surface area contributed by atoms with Gasteiger partial charge < -0.3 is 10.5 Å². The van der Waals surface area contributed by atoms with Crippen LogP contribution in [0.5, 0.6) is 0 Å². The topological polar surface area (TPSA) is 72.6 Å². The molecular formula is C13H20N2O3S. The highest BCUT2D eigenvalue weighted by Crippen LogP contribution is 2.23. The monoisotopic (exact) mass is 284 g/mol. The molecule has 1 heterocycles. The van der Waals surface area contributed by atoms with E-state index in [0.717, 1.165) is 0 Å². The van der Waals surface area contributed by atoms with Crippen LogP contribution < -0.4 is 5.73 Å². The number of hydrogen-bond acceptors (Lipinski definition) is 4. The lowest BCUT2D eigenvalue weighted by atomic mass is 10.2. The SMILES string of the molecule is C[C@@H]1CN(S(=O)(=O)c2ccccc2CN)C[C@H](C)O1. The molecule has 0 aromatic heterocycles. The Morgan fingerprint density at radius 1 is 1.26 bits per heavy atom. The number of hydrogen-bond donors (Lipinski definition) is 1. The van der Waals surface area contributed by atoms with Crippen molar-refractivity contribution in [2.24, 2.45) is 5.73 Å². The van der Waals surface area contributed by atoms with Crippen LogP contribution in [0.25, 0.3) is 0 Å². The standard InChI is InChI=1S/C13H20N2O3S/c1-10-8-15(9-11(2)18-10)19(16,17)13-6-4-3-5-12(13)7-14/h3-6,10-11H,7-9,14H2,1-2H3/t10-,11+. The molecule has 1 saturated heterocycles. The van der Waals surface area contributed by atoms with Crippen molar-refractivity contribution in [3.05, 3.63) is 29.8 Å². The summed E-state index contributed by atoms with van der Waals surface area (Å²) in [7, 11) is -3.50. The van der Waals surface area contributed by atoms with Gasteiger partial charge in [0.25, 0.3) is 0 Å². The van der Waals surface area contributed by atoms with Crippen molar-refractivity contribution >= 4 is 10.0 Å². The minimum atomic E-state index is -3.50. The molecule has 19 heavy (non-hydrogen) atoms. The van der Waals surface area contributed by atoms with E-state index in [-0.39, 0.29) is 18.8 Å². The quantitative estimate of drug-likeness (QED) is 0.896. The lowest BCUT2D eigenvalue weighted by Crippen LogP contribution is -2.48. The number of ether oxygens (including phenoxy) is 1. The van der Waals surface area contributed by atoms with Gasteiger partial charge in [-0.05, 0) is 25.5 Å². The maximum atomic E-state index is 12.7. The lowest BCUT2D eigenvalue weighted by Gasteiger charge is -2.34. The first-order valence-corrected chi connectivity index (χ1v) is 7.82. The number of morpholine rings is 1. The first-order valence-electron chi connectivity index (χ1n) is 6.38. The van der Waals surface area contributed by atoms with Crippen molar-refractivity contribution in [2.45, 2.75) is 37.5 Å². The van der Waals surface area contributed by atoms with Crippen LogP contribution in [0.4, 0.5) is 0 Å². The van der Waals surface area contributed by atoms with Crippen LogP contribution in [0.1, 0.15) is 19.4 Å². The van der Waals surface area contributed by atoms with Gasteiger partial charge in [-0.15, -0.1) is 0 Å². The smallest absolute Gasteiger partial charge is 0.243 e. The Morgan fingerprint density at radius 2 is 1.84 bits per heavy atom. The first-order chi connectivity index (χ1) is 8.95. The molecule has 2 N–H and O–H groups in total. The molecule has 106 valence electrons. The van der Waals surface area contributed by atoms with E-state index >= 15 is 0 Å². The third-order valence-corrected chi connectivity index (χ3v) is 5.13. The Morgan fingerprint density at radius 3 is 2.42 bits per heavy atom. The van der Waals surface area contributed by atoms with Crippen molar-refractivity contribution in [3.63, 3.8) is 0 Å². The average molecular weight is 284 g/mol. The second kappa shape index (κ2) is 5.58. The first kappa shape index (κ1) is 14.5. The van der Waals surface area contributed by atoms with E-state index in [1.165, 1.54) is 4.31 Å². The van der Waals surface area contributed by atoms with Crippen LogP contribution >= 0.6 is 0 Å². The molecule has 5 nitrogen and oxygen atoms in total. The van der Waals surface area contributed by atoms with Crippen molar-refractivity contribution in [3.8, 4) is 0 Å². The molecule has 2 atom stereocenters. The zero-order chi connectivity index (χ0) is 14.0. The summed E-state index contributed by atoms with van der Waals surface area (Å²) < 4.78 is 32.4. The van der Waals surface area contributed by atoms with E-state index in [0.29, 0.717) is 23.5 Å². The van der Waals surface area contributed by atoms with Crippen molar-refractivity contribution in [2.75, 3.05) is 13.1 Å². The summed E-state index contributed by atoms with van der Waals surface area (Å²) in [6, 6.07) is 6.88. The fourth-order valence-corrected chi connectivity index (χ4v) is 4.21. The lowest BCUT2D eigenvalue weighted by molar-refractivity contribution is -0.0441. The normalized spacial score (nSPS) is 25.4. The molecule has 0 spiro atoms.